The van der Waals surface area contributed by atoms with Crippen LogP contribution >= 0.6 is 0 Å². The lowest BCUT2D eigenvalue weighted by Gasteiger charge is -2.30. The normalized spacial score (nSPS) is 22.6. The molecule has 2 heterocycles. The lowest BCUT2D eigenvalue weighted by atomic mass is 10.1. The second-order valence-corrected chi connectivity index (χ2v) is 4.22. The first-order valence-electron chi connectivity index (χ1n) is 5.40. The van der Waals surface area contributed by atoms with Gasteiger partial charge >= 0.3 is 0 Å². The third-order valence-electron chi connectivity index (χ3n) is 2.76. The summed E-state index contributed by atoms with van der Waals surface area (Å²) in [6.45, 7) is 2.29. The number of anilines is 2. The van der Waals surface area contributed by atoms with Crippen molar-refractivity contribution >= 4 is 11.5 Å². The van der Waals surface area contributed by atoms with Crippen molar-refractivity contribution in [2.75, 3.05) is 31.2 Å². The highest BCUT2D eigenvalue weighted by atomic mass is 15.1. The van der Waals surface area contributed by atoms with E-state index in [-0.39, 0.29) is 0 Å². The molecule has 1 aliphatic rings. The molecule has 0 amide bonds. The van der Waals surface area contributed by atoms with Crippen LogP contribution in [0.5, 0.6) is 0 Å². The van der Waals surface area contributed by atoms with Crippen LogP contribution in [-0.4, -0.2) is 36.1 Å². The molecule has 1 unspecified atom stereocenters. The molecule has 0 bridgehead atoms. The van der Waals surface area contributed by atoms with Crippen molar-refractivity contribution in [1.82, 2.24) is 9.88 Å². The molecule has 3 N–H and O–H groups in total. The summed E-state index contributed by atoms with van der Waals surface area (Å²) in [4.78, 5) is 6.59. The highest BCUT2D eigenvalue weighted by Crippen LogP contribution is 2.14. The van der Waals surface area contributed by atoms with E-state index >= 15 is 0 Å². The average Bonchev–Trinajstić information content (AvgIpc) is 2.22. The Morgan fingerprint density at radius 1 is 1.53 bits per heavy atom. The topological polar surface area (TPSA) is 54.2 Å². The van der Waals surface area contributed by atoms with Gasteiger partial charge in [0.2, 0.25) is 0 Å². The molecular formula is C11H18N4. The van der Waals surface area contributed by atoms with Crippen molar-refractivity contribution in [1.29, 1.82) is 0 Å². The molecule has 1 saturated heterocycles. The Balaban J connectivity index is 1.93. The van der Waals surface area contributed by atoms with Gasteiger partial charge in [0, 0.05) is 12.6 Å². The maximum absolute atomic E-state index is 5.58. The average molecular weight is 206 g/mol. The third kappa shape index (κ3) is 2.83. The van der Waals surface area contributed by atoms with Crippen molar-refractivity contribution in [3.05, 3.63) is 18.3 Å². The van der Waals surface area contributed by atoms with Crippen LogP contribution in [0.4, 0.5) is 11.5 Å². The number of nitrogens with zero attached hydrogens (tertiary/aromatic N) is 2. The number of nitrogens with two attached hydrogens (primary N) is 1. The number of nitrogen functional groups attached to an aromatic ring is 1. The summed E-state index contributed by atoms with van der Waals surface area (Å²) in [6.07, 6.45) is 4.16. The van der Waals surface area contributed by atoms with Gasteiger partial charge in [-0.3, -0.25) is 0 Å². The summed E-state index contributed by atoms with van der Waals surface area (Å²) in [7, 11) is 2.16. The molecule has 15 heavy (non-hydrogen) atoms. The second-order valence-electron chi connectivity index (χ2n) is 4.22. The van der Waals surface area contributed by atoms with E-state index in [1.54, 1.807) is 6.20 Å². The third-order valence-corrected chi connectivity index (χ3v) is 2.76. The van der Waals surface area contributed by atoms with Crippen LogP contribution in [0, 0.1) is 0 Å². The van der Waals surface area contributed by atoms with Crippen molar-refractivity contribution in [3.8, 4) is 0 Å². The molecule has 0 saturated carbocycles. The second kappa shape index (κ2) is 4.49. The lowest BCUT2D eigenvalue weighted by Crippen LogP contribution is -2.39. The molecule has 0 aliphatic carbocycles. The molecule has 4 nitrogen and oxygen atoms in total. The summed E-state index contributed by atoms with van der Waals surface area (Å²) in [5.74, 6) is 0.921. The number of hydrogen-bond acceptors (Lipinski definition) is 4. The number of likely N-dealkylation sites (N-methyl/N-ethyl adjacent to an activating group) is 1. The minimum Gasteiger partial charge on any atom is -0.397 e. The van der Waals surface area contributed by atoms with E-state index in [1.165, 1.54) is 19.4 Å². The number of hydrogen-bond donors (Lipinski definition) is 2. The van der Waals surface area contributed by atoms with E-state index in [4.69, 9.17) is 5.73 Å². The number of aromatic nitrogens is 1. The van der Waals surface area contributed by atoms with E-state index in [2.05, 4.69) is 22.2 Å². The highest BCUT2D eigenvalue weighted by molar-refractivity contribution is 5.44. The van der Waals surface area contributed by atoms with Gasteiger partial charge in [-0.2, -0.15) is 0 Å². The molecule has 0 aromatic carbocycles. The highest BCUT2D eigenvalue weighted by Gasteiger charge is 2.16. The maximum Gasteiger partial charge on any atom is 0.126 e. The Labute approximate surface area is 90.5 Å². The van der Waals surface area contributed by atoms with E-state index in [1.807, 2.05) is 12.1 Å². The number of pyridine rings is 1. The van der Waals surface area contributed by atoms with E-state index < -0.39 is 0 Å². The van der Waals surface area contributed by atoms with Crippen LogP contribution in [0.15, 0.2) is 18.3 Å². The zero-order chi connectivity index (χ0) is 10.7. The first-order valence-corrected chi connectivity index (χ1v) is 5.40. The van der Waals surface area contributed by atoms with Gasteiger partial charge < -0.3 is 16.0 Å². The molecule has 2 rings (SSSR count). The molecule has 0 spiro atoms. The Morgan fingerprint density at radius 2 is 2.40 bits per heavy atom. The van der Waals surface area contributed by atoms with Gasteiger partial charge in [-0.25, -0.2) is 4.98 Å². The minimum absolute atomic E-state index is 0.514. The van der Waals surface area contributed by atoms with Gasteiger partial charge in [-0.15, -0.1) is 0 Å². The number of piperidine rings is 1. The Bertz CT molecular complexity index is 309. The molecule has 1 atom stereocenters. The number of likely N-dealkylation sites (tertiary alicyclic amines) is 1. The van der Waals surface area contributed by atoms with Gasteiger partial charge in [-0.1, -0.05) is 0 Å². The van der Waals surface area contributed by atoms with E-state index in [9.17, 15) is 0 Å². The van der Waals surface area contributed by atoms with E-state index in [0.29, 0.717) is 11.7 Å². The molecule has 1 aromatic rings. The van der Waals surface area contributed by atoms with Crippen LogP contribution in [0.25, 0.3) is 0 Å². The Hall–Kier alpha value is -1.29. The minimum atomic E-state index is 0.514. The SMILES string of the molecule is CN1CCCC(Nc2ccc(N)cn2)C1. The van der Waals surface area contributed by atoms with Crippen molar-refractivity contribution in [2.45, 2.75) is 18.9 Å². The number of rotatable bonds is 2. The van der Waals surface area contributed by atoms with Gasteiger partial charge in [-0.05, 0) is 38.6 Å². The quantitative estimate of drug-likeness (QED) is 0.762. The van der Waals surface area contributed by atoms with Crippen LogP contribution in [0.1, 0.15) is 12.8 Å². The Morgan fingerprint density at radius 3 is 3.07 bits per heavy atom. The smallest absolute Gasteiger partial charge is 0.126 e. The molecule has 1 aliphatic heterocycles. The lowest BCUT2D eigenvalue weighted by molar-refractivity contribution is 0.261. The fourth-order valence-corrected chi connectivity index (χ4v) is 1.98. The predicted octanol–water partition coefficient (Wildman–Crippen LogP) is 1.17. The molecule has 0 radical (unpaired) electrons. The van der Waals surface area contributed by atoms with Crippen LogP contribution < -0.4 is 11.1 Å². The van der Waals surface area contributed by atoms with E-state index in [0.717, 1.165) is 12.4 Å². The summed E-state index contributed by atoms with van der Waals surface area (Å²) >= 11 is 0. The van der Waals surface area contributed by atoms with Crippen LogP contribution in [0.2, 0.25) is 0 Å². The molecule has 4 heteroatoms. The molecule has 1 aromatic heterocycles. The largest absolute Gasteiger partial charge is 0.397 e. The molecule has 82 valence electrons. The number of nitrogens with one attached hydrogen (secondary N) is 1. The summed E-state index contributed by atoms with van der Waals surface area (Å²) in [5, 5.41) is 3.43. The van der Waals surface area contributed by atoms with Gasteiger partial charge in [0.15, 0.2) is 0 Å². The molecule has 1 fully saturated rings. The monoisotopic (exact) mass is 206 g/mol. The summed E-state index contributed by atoms with van der Waals surface area (Å²) in [5.41, 5.74) is 6.29. The molecular weight excluding hydrogens is 188 g/mol. The van der Waals surface area contributed by atoms with Gasteiger partial charge in [0.1, 0.15) is 5.82 Å². The van der Waals surface area contributed by atoms with Gasteiger partial charge in [0.05, 0.1) is 11.9 Å². The zero-order valence-corrected chi connectivity index (χ0v) is 9.11. The fourth-order valence-electron chi connectivity index (χ4n) is 1.98. The summed E-state index contributed by atoms with van der Waals surface area (Å²) in [6, 6.07) is 4.33. The fraction of sp³-hybridized carbons (Fsp3) is 0.545. The van der Waals surface area contributed by atoms with Gasteiger partial charge in [0.25, 0.3) is 0 Å². The van der Waals surface area contributed by atoms with Crippen molar-refractivity contribution in [3.63, 3.8) is 0 Å². The first-order chi connectivity index (χ1) is 7.24. The standard InChI is InChI=1S/C11H18N4/c1-15-6-2-3-10(8-15)14-11-5-4-9(12)7-13-11/h4-5,7,10H,2-3,6,8,12H2,1H3,(H,13,14). The maximum atomic E-state index is 5.58. The van der Waals surface area contributed by atoms with Crippen molar-refractivity contribution < 1.29 is 0 Å². The first kappa shape index (κ1) is 10.2. The summed E-state index contributed by atoms with van der Waals surface area (Å²) < 4.78 is 0. The van der Waals surface area contributed by atoms with Crippen molar-refractivity contribution in [2.24, 2.45) is 0 Å². The zero-order valence-electron chi connectivity index (χ0n) is 9.11. The van der Waals surface area contributed by atoms with Crippen LogP contribution in [0.3, 0.4) is 0 Å². The predicted molar refractivity (Wildman–Crippen MR) is 62.8 cm³/mol. The Kier molecular flexibility index (Phi) is 3.06. The van der Waals surface area contributed by atoms with Crippen LogP contribution in [-0.2, 0) is 0 Å².